The Kier molecular flexibility index (Phi) is 7.35. The third-order valence-corrected chi connectivity index (χ3v) is 5.63. The number of nitrogens with one attached hydrogen (secondary N) is 2. The SMILES string of the molecule is Cc1cc(C)cc(C(=O)N/C(=C(\NC(=O)c2cc(C)cc(C)c2)c2ccncc2)c2ccncc2)c1. The van der Waals surface area contributed by atoms with Crippen molar-refractivity contribution in [1.29, 1.82) is 0 Å². The molecule has 4 aromatic rings. The van der Waals surface area contributed by atoms with Crippen molar-refractivity contribution in [1.82, 2.24) is 20.6 Å². The number of pyridine rings is 2. The first-order valence-electron chi connectivity index (χ1n) is 11.6. The van der Waals surface area contributed by atoms with Crippen LogP contribution in [0.15, 0.2) is 85.5 Å². The molecule has 180 valence electrons. The summed E-state index contributed by atoms with van der Waals surface area (Å²) in [5, 5.41) is 6.12. The Morgan fingerprint density at radius 2 is 0.806 bits per heavy atom. The van der Waals surface area contributed by atoms with Gasteiger partial charge < -0.3 is 10.6 Å². The Morgan fingerprint density at radius 3 is 1.11 bits per heavy atom. The summed E-state index contributed by atoms with van der Waals surface area (Å²) < 4.78 is 0. The molecule has 0 aliphatic carbocycles. The van der Waals surface area contributed by atoms with Crippen LogP contribution in [-0.4, -0.2) is 21.8 Å². The molecule has 4 rings (SSSR count). The molecule has 0 spiro atoms. The van der Waals surface area contributed by atoms with Crippen LogP contribution in [0.5, 0.6) is 0 Å². The summed E-state index contributed by atoms with van der Waals surface area (Å²) in [6.07, 6.45) is 6.59. The van der Waals surface area contributed by atoms with Crippen molar-refractivity contribution in [2.45, 2.75) is 27.7 Å². The summed E-state index contributed by atoms with van der Waals surface area (Å²) in [5.41, 5.74) is 7.38. The van der Waals surface area contributed by atoms with E-state index in [4.69, 9.17) is 0 Å². The minimum absolute atomic E-state index is 0.277. The lowest BCUT2D eigenvalue weighted by atomic mass is 10.0. The number of nitrogens with zero attached hydrogens (tertiary/aromatic N) is 2. The van der Waals surface area contributed by atoms with Gasteiger partial charge in [0.25, 0.3) is 11.8 Å². The molecule has 2 aromatic heterocycles. The summed E-state index contributed by atoms with van der Waals surface area (Å²) in [7, 11) is 0. The molecule has 2 amide bonds. The van der Waals surface area contributed by atoms with Crippen LogP contribution in [0, 0.1) is 27.7 Å². The number of hydrogen-bond acceptors (Lipinski definition) is 4. The molecule has 6 nitrogen and oxygen atoms in total. The Bertz CT molecular complexity index is 1290. The highest BCUT2D eigenvalue weighted by Gasteiger charge is 2.19. The molecule has 0 bridgehead atoms. The monoisotopic (exact) mass is 476 g/mol. The standard InChI is InChI=1S/C30H28N4O2/c1-19-13-20(2)16-25(15-19)29(35)33-27(23-5-9-31-10-6-23)28(24-7-11-32-12-8-24)34-30(36)26-17-21(3)14-22(4)18-26/h5-18H,1-4H3,(H,33,35)(H,34,36)/b28-27-. The molecule has 0 aliphatic heterocycles. The molecule has 0 aliphatic rings. The summed E-state index contributed by atoms with van der Waals surface area (Å²) in [4.78, 5) is 35.1. The van der Waals surface area contributed by atoms with Gasteiger partial charge in [0.05, 0.1) is 11.4 Å². The lowest BCUT2D eigenvalue weighted by Gasteiger charge is -2.19. The average molecular weight is 477 g/mol. The van der Waals surface area contributed by atoms with Crippen molar-refractivity contribution >= 4 is 23.2 Å². The fourth-order valence-electron chi connectivity index (χ4n) is 4.18. The molecule has 0 unspecified atom stereocenters. The van der Waals surface area contributed by atoms with Crippen LogP contribution in [0.25, 0.3) is 11.4 Å². The molecule has 2 heterocycles. The van der Waals surface area contributed by atoms with E-state index < -0.39 is 0 Å². The van der Waals surface area contributed by atoms with Gasteiger partial charge in [-0.2, -0.15) is 0 Å². The van der Waals surface area contributed by atoms with E-state index >= 15 is 0 Å². The van der Waals surface area contributed by atoms with Crippen molar-refractivity contribution in [3.8, 4) is 0 Å². The Morgan fingerprint density at radius 1 is 0.500 bits per heavy atom. The number of benzene rings is 2. The second kappa shape index (κ2) is 10.8. The first kappa shape index (κ1) is 24.5. The van der Waals surface area contributed by atoms with Gasteiger partial charge in [0, 0.05) is 47.0 Å². The molecule has 0 saturated heterocycles. The molecule has 2 N–H and O–H groups in total. The lowest BCUT2D eigenvalue weighted by Crippen LogP contribution is -2.29. The highest BCUT2D eigenvalue weighted by molar-refractivity contribution is 6.08. The molecule has 2 aromatic carbocycles. The third kappa shape index (κ3) is 5.91. The Hall–Kier alpha value is -4.58. The molecule has 0 saturated carbocycles. The van der Waals surface area contributed by atoms with Crippen LogP contribution >= 0.6 is 0 Å². The maximum absolute atomic E-state index is 13.4. The molecule has 6 heteroatoms. The van der Waals surface area contributed by atoms with E-state index in [2.05, 4.69) is 20.6 Å². The van der Waals surface area contributed by atoms with Crippen LogP contribution in [0.4, 0.5) is 0 Å². The van der Waals surface area contributed by atoms with Crippen molar-refractivity contribution in [3.05, 3.63) is 130 Å². The van der Waals surface area contributed by atoms with E-state index in [1.54, 1.807) is 49.1 Å². The summed E-state index contributed by atoms with van der Waals surface area (Å²) in [5.74, 6) is -0.554. The van der Waals surface area contributed by atoms with Gasteiger partial charge in [0.1, 0.15) is 0 Å². The van der Waals surface area contributed by atoms with E-state index in [1.165, 1.54) is 0 Å². The van der Waals surface area contributed by atoms with Gasteiger partial charge >= 0.3 is 0 Å². The molecule has 0 fully saturated rings. The number of aryl methyl sites for hydroxylation is 4. The predicted octanol–water partition coefficient (Wildman–Crippen LogP) is 5.40. The van der Waals surface area contributed by atoms with E-state index in [9.17, 15) is 9.59 Å². The maximum atomic E-state index is 13.4. The zero-order valence-corrected chi connectivity index (χ0v) is 20.8. The average Bonchev–Trinajstić information content (AvgIpc) is 2.85. The highest BCUT2D eigenvalue weighted by atomic mass is 16.2. The number of carbonyl (C=O) groups excluding carboxylic acids is 2. The molecule has 0 atom stereocenters. The quantitative estimate of drug-likeness (QED) is 0.390. The van der Waals surface area contributed by atoms with Gasteiger partial charge in [-0.1, -0.05) is 34.4 Å². The van der Waals surface area contributed by atoms with Gasteiger partial charge in [-0.05, 0) is 76.2 Å². The van der Waals surface area contributed by atoms with Gasteiger partial charge in [0.15, 0.2) is 0 Å². The Labute approximate surface area is 211 Å². The fraction of sp³-hybridized carbons (Fsp3) is 0.133. The molecule has 0 radical (unpaired) electrons. The summed E-state index contributed by atoms with van der Waals surface area (Å²) in [6, 6.07) is 18.6. The normalized spacial score (nSPS) is 11.4. The van der Waals surface area contributed by atoms with Crippen LogP contribution in [0.2, 0.25) is 0 Å². The van der Waals surface area contributed by atoms with Gasteiger partial charge in [-0.3, -0.25) is 19.6 Å². The van der Waals surface area contributed by atoms with Crippen LogP contribution in [0.3, 0.4) is 0 Å². The summed E-state index contributed by atoms with van der Waals surface area (Å²) in [6.45, 7) is 7.82. The van der Waals surface area contributed by atoms with Gasteiger partial charge in [-0.15, -0.1) is 0 Å². The smallest absolute Gasteiger partial charge is 0.255 e. The van der Waals surface area contributed by atoms with Crippen LogP contribution in [0.1, 0.15) is 54.1 Å². The van der Waals surface area contributed by atoms with E-state index in [-0.39, 0.29) is 11.8 Å². The van der Waals surface area contributed by atoms with Crippen molar-refractivity contribution in [2.75, 3.05) is 0 Å². The number of carbonyl (C=O) groups is 2. The van der Waals surface area contributed by atoms with Crippen molar-refractivity contribution in [3.63, 3.8) is 0 Å². The topological polar surface area (TPSA) is 84.0 Å². The lowest BCUT2D eigenvalue weighted by molar-refractivity contribution is 0.0961. The first-order valence-corrected chi connectivity index (χ1v) is 11.6. The predicted molar refractivity (Wildman–Crippen MR) is 142 cm³/mol. The summed E-state index contributed by atoms with van der Waals surface area (Å²) >= 11 is 0. The molecular formula is C30H28N4O2. The first-order chi connectivity index (χ1) is 17.3. The largest absolute Gasteiger partial charge is 0.320 e. The second-order valence-corrected chi connectivity index (χ2v) is 8.88. The number of aromatic nitrogens is 2. The van der Waals surface area contributed by atoms with E-state index in [0.29, 0.717) is 33.6 Å². The van der Waals surface area contributed by atoms with E-state index in [1.807, 2.05) is 64.1 Å². The minimum Gasteiger partial charge on any atom is -0.320 e. The second-order valence-electron chi connectivity index (χ2n) is 8.88. The maximum Gasteiger partial charge on any atom is 0.255 e. The third-order valence-electron chi connectivity index (χ3n) is 5.63. The van der Waals surface area contributed by atoms with Crippen LogP contribution in [-0.2, 0) is 0 Å². The van der Waals surface area contributed by atoms with Crippen molar-refractivity contribution < 1.29 is 9.59 Å². The number of amides is 2. The number of hydrogen-bond donors (Lipinski definition) is 2. The molecule has 36 heavy (non-hydrogen) atoms. The van der Waals surface area contributed by atoms with Gasteiger partial charge in [-0.25, -0.2) is 0 Å². The molecular weight excluding hydrogens is 448 g/mol. The Balaban J connectivity index is 1.85. The zero-order chi connectivity index (χ0) is 25.7. The minimum atomic E-state index is -0.277. The zero-order valence-electron chi connectivity index (χ0n) is 20.8. The van der Waals surface area contributed by atoms with E-state index in [0.717, 1.165) is 22.3 Å². The van der Waals surface area contributed by atoms with Crippen LogP contribution < -0.4 is 10.6 Å². The fourth-order valence-corrected chi connectivity index (χ4v) is 4.18. The highest BCUT2D eigenvalue weighted by Crippen LogP contribution is 2.24. The number of rotatable bonds is 6. The van der Waals surface area contributed by atoms with Gasteiger partial charge in [0.2, 0.25) is 0 Å². The van der Waals surface area contributed by atoms with Crippen molar-refractivity contribution in [2.24, 2.45) is 0 Å².